The molecule has 1 aromatic rings. The van der Waals surface area contributed by atoms with Gasteiger partial charge in [-0.2, -0.15) is 0 Å². The van der Waals surface area contributed by atoms with Gasteiger partial charge in [-0.05, 0) is 51.3 Å². The molecule has 1 aromatic heterocycles. The summed E-state index contributed by atoms with van der Waals surface area (Å²) in [6, 6.07) is 0. The first kappa shape index (κ1) is 29.3. The maximum absolute atomic E-state index is 13.2. The van der Waals surface area contributed by atoms with Crippen LogP contribution in [0.1, 0.15) is 65.1 Å². The average molecular weight is 510 g/mol. The van der Waals surface area contributed by atoms with Gasteiger partial charge in [0.25, 0.3) is 0 Å². The number of Topliss-reactive ketones (excluding diaryl/α,β-unsaturated/α-hetero) is 1. The van der Waals surface area contributed by atoms with Crippen LogP contribution < -0.4 is 0 Å². The Bertz CT molecular complexity index is 951. The number of aliphatic hydroxyl groups is 3. The van der Waals surface area contributed by atoms with E-state index in [2.05, 4.69) is 4.98 Å². The second-order valence-corrected chi connectivity index (χ2v) is 11.1. The Kier molecular flexibility index (Phi) is 10.4. The highest BCUT2D eigenvalue weighted by molar-refractivity contribution is 7.09. The molecule has 0 saturated heterocycles. The summed E-state index contributed by atoms with van der Waals surface area (Å²) in [7, 11) is 0. The van der Waals surface area contributed by atoms with Gasteiger partial charge in [-0.3, -0.25) is 9.59 Å². The summed E-state index contributed by atoms with van der Waals surface area (Å²) in [5.74, 6) is -2.87. The molecule has 1 aliphatic heterocycles. The van der Waals surface area contributed by atoms with Crippen LogP contribution in [0.5, 0.6) is 0 Å². The molecular formula is C26H39NO7S. The predicted octanol–water partition coefficient (Wildman–Crippen LogP) is 3.43. The summed E-state index contributed by atoms with van der Waals surface area (Å²) in [5.41, 5.74) is 1.10. The molecule has 196 valence electrons. The molecule has 3 N–H and O–H groups in total. The van der Waals surface area contributed by atoms with Gasteiger partial charge in [0.05, 0.1) is 34.9 Å². The third-order valence-corrected chi connectivity index (χ3v) is 7.46. The van der Waals surface area contributed by atoms with E-state index in [4.69, 9.17) is 9.47 Å². The Morgan fingerprint density at radius 3 is 2.43 bits per heavy atom. The van der Waals surface area contributed by atoms with Gasteiger partial charge in [0.1, 0.15) is 12.4 Å². The zero-order valence-electron chi connectivity index (χ0n) is 21.6. The number of carbonyl (C=O) groups is 2. The van der Waals surface area contributed by atoms with Crippen molar-refractivity contribution >= 4 is 29.2 Å². The maximum Gasteiger partial charge on any atom is 0.311 e. The molecular weight excluding hydrogens is 470 g/mol. The summed E-state index contributed by atoms with van der Waals surface area (Å²) in [4.78, 5) is 30.1. The molecule has 35 heavy (non-hydrogen) atoms. The van der Waals surface area contributed by atoms with Gasteiger partial charge in [0, 0.05) is 23.1 Å². The Morgan fingerprint density at radius 2 is 1.83 bits per heavy atom. The van der Waals surface area contributed by atoms with Crippen molar-refractivity contribution in [2.24, 2.45) is 17.3 Å². The highest BCUT2D eigenvalue weighted by atomic mass is 32.1. The number of aromatic nitrogens is 1. The quantitative estimate of drug-likeness (QED) is 0.409. The Balaban J connectivity index is 2.37. The molecule has 2 rings (SSSR count). The molecule has 0 aromatic carbocycles. The van der Waals surface area contributed by atoms with E-state index in [1.54, 1.807) is 13.8 Å². The minimum atomic E-state index is -1.33. The topological polar surface area (TPSA) is 126 Å². The van der Waals surface area contributed by atoms with Crippen LogP contribution in [0.3, 0.4) is 0 Å². The fraction of sp³-hybridized carbons (Fsp3) is 0.654. The first-order valence-corrected chi connectivity index (χ1v) is 12.8. The lowest BCUT2D eigenvalue weighted by atomic mass is 9.73. The largest absolute Gasteiger partial charge is 0.461 e. The van der Waals surface area contributed by atoms with E-state index in [1.165, 1.54) is 25.2 Å². The van der Waals surface area contributed by atoms with Crippen molar-refractivity contribution in [2.75, 3.05) is 6.61 Å². The molecule has 0 bridgehead atoms. The molecule has 0 spiro atoms. The minimum absolute atomic E-state index is 0.0335. The monoisotopic (exact) mass is 509 g/mol. The van der Waals surface area contributed by atoms with E-state index in [1.807, 2.05) is 38.3 Å². The van der Waals surface area contributed by atoms with Crippen molar-refractivity contribution in [2.45, 2.75) is 85.9 Å². The lowest BCUT2D eigenvalue weighted by Crippen LogP contribution is -2.47. The minimum Gasteiger partial charge on any atom is -0.461 e. The lowest BCUT2D eigenvalue weighted by Gasteiger charge is -2.35. The number of carbonyl (C=O) groups excluding carboxylic acids is 2. The average Bonchev–Trinajstić information content (AvgIpc) is 3.21. The maximum atomic E-state index is 13.2. The number of rotatable bonds is 2. The van der Waals surface area contributed by atoms with Crippen LogP contribution in [0.25, 0.3) is 6.08 Å². The van der Waals surface area contributed by atoms with E-state index >= 15 is 0 Å². The first-order chi connectivity index (χ1) is 16.2. The number of ketones is 1. The zero-order chi connectivity index (χ0) is 26.5. The lowest BCUT2D eigenvalue weighted by molar-refractivity contribution is -0.162. The molecule has 0 fully saturated rings. The summed E-state index contributed by atoms with van der Waals surface area (Å²) < 4.78 is 11.3. The second kappa shape index (κ2) is 12.4. The van der Waals surface area contributed by atoms with Gasteiger partial charge in [-0.15, -0.1) is 11.3 Å². The number of aliphatic hydroxyl groups excluding tert-OH is 3. The SMILES string of the molecule is CC1=CC[C@@H](C(C)=Cc2csc(C)n2)O[C@H](O)C[C@H](O)C(C)(C)C(=O)[C@H](C)[C@@H](O)[C@@H](C)C(=O)OC1. The van der Waals surface area contributed by atoms with E-state index in [9.17, 15) is 24.9 Å². The van der Waals surface area contributed by atoms with Crippen molar-refractivity contribution in [1.29, 1.82) is 0 Å². The normalized spacial score (nSPS) is 32.2. The molecule has 6 atom stereocenters. The van der Waals surface area contributed by atoms with Crippen molar-refractivity contribution in [3.05, 3.63) is 33.3 Å². The third-order valence-electron chi connectivity index (χ3n) is 6.67. The van der Waals surface area contributed by atoms with Crippen LogP contribution in [-0.2, 0) is 19.1 Å². The molecule has 1 aliphatic rings. The zero-order valence-corrected chi connectivity index (χ0v) is 22.5. The first-order valence-electron chi connectivity index (χ1n) is 11.9. The summed E-state index contributed by atoms with van der Waals surface area (Å²) >= 11 is 1.53. The van der Waals surface area contributed by atoms with Crippen LogP contribution in [0.15, 0.2) is 22.6 Å². The predicted molar refractivity (Wildman–Crippen MR) is 134 cm³/mol. The number of thiazole rings is 1. The van der Waals surface area contributed by atoms with Crippen LogP contribution in [-0.4, -0.2) is 63.3 Å². The van der Waals surface area contributed by atoms with Crippen LogP contribution >= 0.6 is 11.3 Å². The number of nitrogens with zero attached hydrogens (tertiary/aromatic N) is 1. The fourth-order valence-corrected chi connectivity index (χ4v) is 4.58. The fourth-order valence-electron chi connectivity index (χ4n) is 4.01. The number of cyclic esters (lactones) is 1. The number of esters is 1. The number of ether oxygens (including phenoxy) is 2. The van der Waals surface area contributed by atoms with Gasteiger partial charge >= 0.3 is 5.97 Å². The van der Waals surface area contributed by atoms with E-state index < -0.39 is 53.6 Å². The Hall–Kier alpha value is -1.91. The summed E-state index contributed by atoms with van der Waals surface area (Å²) in [6.07, 6.45) is -0.423. The van der Waals surface area contributed by atoms with E-state index in [-0.39, 0.29) is 13.0 Å². The van der Waals surface area contributed by atoms with Crippen molar-refractivity contribution in [3.8, 4) is 0 Å². The molecule has 2 heterocycles. The second-order valence-electron chi connectivity index (χ2n) is 10.1. The van der Waals surface area contributed by atoms with E-state index in [0.29, 0.717) is 6.42 Å². The highest BCUT2D eigenvalue weighted by Gasteiger charge is 2.43. The molecule has 0 unspecified atom stereocenters. The smallest absolute Gasteiger partial charge is 0.311 e. The molecule has 0 amide bonds. The van der Waals surface area contributed by atoms with E-state index in [0.717, 1.165) is 21.8 Å². The van der Waals surface area contributed by atoms with Crippen molar-refractivity contribution in [1.82, 2.24) is 4.98 Å². The third kappa shape index (κ3) is 7.79. The molecule has 9 heteroatoms. The van der Waals surface area contributed by atoms with Gasteiger partial charge in [-0.25, -0.2) is 4.98 Å². The molecule has 0 saturated carbocycles. The highest BCUT2D eigenvalue weighted by Crippen LogP contribution is 2.32. The standard InChI is InChI=1S/C26H39NO7S/c1-14-8-9-20(15(2)10-19-13-35-18(5)27-19)34-22(29)11-21(28)26(6,7)24(31)16(3)23(30)17(4)25(32)33-12-14/h8,10,13,16-17,20-23,28-30H,9,11-12H2,1-7H3/t16-,17-,20+,21+,22+,23-/m1/s1. The van der Waals surface area contributed by atoms with Crippen molar-refractivity contribution in [3.63, 3.8) is 0 Å². The van der Waals surface area contributed by atoms with Crippen molar-refractivity contribution < 1.29 is 34.4 Å². The molecule has 0 aliphatic carbocycles. The van der Waals surface area contributed by atoms with Gasteiger partial charge in [0.15, 0.2) is 6.29 Å². The summed E-state index contributed by atoms with van der Waals surface area (Å²) in [6.45, 7) is 11.8. The number of hydrogen-bond acceptors (Lipinski definition) is 9. The van der Waals surface area contributed by atoms with Gasteiger partial charge in [0.2, 0.25) is 0 Å². The molecule has 8 nitrogen and oxygen atoms in total. The molecule has 0 radical (unpaired) electrons. The van der Waals surface area contributed by atoms with Crippen LogP contribution in [0.4, 0.5) is 0 Å². The van der Waals surface area contributed by atoms with Crippen LogP contribution in [0.2, 0.25) is 0 Å². The number of hydrogen-bond donors (Lipinski definition) is 3. The summed E-state index contributed by atoms with van der Waals surface area (Å²) in [5, 5.41) is 35.0. The number of aryl methyl sites for hydroxylation is 1. The Labute approximate surface area is 211 Å². The Morgan fingerprint density at radius 1 is 1.17 bits per heavy atom. The van der Waals surface area contributed by atoms with Crippen LogP contribution in [0, 0.1) is 24.2 Å². The van der Waals surface area contributed by atoms with Gasteiger partial charge < -0.3 is 24.8 Å². The van der Waals surface area contributed by atoms with Gasteiger partial charge in [-0.1, -0.05) is 26.8 Å².